The van der Waals surface area contributed by atoms with E-state index in [0.29, 0.717) is 5.75 Å². The third kappa shape index (κ3) is 5.28. The van der Waals surface area contributed by atoms with Gasteiger partial charge in [-0.15, -0.1) is 0 Å². The molecule has 0 saturated carbocycles. The number of ether oxygens (including phenoxy) is 1. The third-order valence-electron chi connectivity index (χ3n) is 3.64. The normalized spacial score (nSPS) is 11.1. The van der Waals surface area contributed by atoms with Crippen LogP contribution in [0.2, 0.25) is 0 Å². The number of benzene rings is 2. The van der Waals surface area contributed by atoms with Crippen molar-refractivity contribution in [3.8, 4) is 5.75 Å². The second-order valence-corrected chi connectivity index (χ2v) is 8.02. The zero-order chi connectivity index (χ0) is 20.0. The Morgan fingerprint density at radius 1 is 1.04 bits per heavy atom. The number of para-hydroxylation sites is 1. The van der Waals surface area contributed by atoms with Crippen molar-refractivity contribution >= 4 is 21.8 Å². The molecule has 0 aliphatic rings. The van der Waals surface area contributed by atoms with Crippen LogP contribution in [0.4, 0.5) is 0 Å². The summed E-state index contributed by atoms with van der Waals surface area (Å²) in [7, 11) is -0.862. The fourth-order valence-electron chi connectivity index (χ4n) is 2.11. The molecule has 0 radical (unpaired) electrons. The molecule has 27 heavy (non-hydrogen) atoms. The lowest BCUT2D eigenvalue weighted by atomic mass is 10.2. The molecular formula is C18H21N3O5S. The Balaban J connectivity index is 1.94. The number of amides is 2. The van der Waals surface area contributed by atoms with Crippen LogP contribution >= 0.6 is 0 Å². The van der Waals surface area contributed by atoms with E-state index in [-0.39, 0.29) is 17.1 Å². The number of rotatable bonds is 6. The van der Waals surface area contributed by atoms with E-state index >= 15 is 0 Å². The summed E-state index contributed by atoms with van der Waals surface area (Å²) in [5, 5.41) is 0. The van der Waals surface area contributed by atoms with Gasteiger partial charge in [0.25, 0.3) is 11.8 Å². The molecule has 0 fully saturated rings. The molecule has 0 spiro atoms. The predicted octanol–water partition coefficient (Wildman–Crippen LogP) is 1.09. The van der Waals surface area contributed by atoms with Crippen LogP contribution in [0, 0.1) is 6.92 Å². The van der Waals surface area contributed by atoms with Crippen molar-refractivity contribution < 1.29 is 22.7 Å². The molecule has 0 atom stereocenters. The summed E-state index contributed by atoms with van der Waals surface area (Å²) in [6.45, 7) is 1.57. The Morgan fingerprint density at radius 2 is 1.74 bits per heavy atom. The Hall–Kier alpha value is -2.91. The lowest BCUT2D eigenvalue weighted by Crippen LogP contribution is -2.43. The van der Waals surface area contributed by atoms with Crippen molar-refractivity contribution in [2.75, 3.05) is 20.7 Å². The summed E-state index contributed by atoms with van der Waals surface area (Å²) >= 11 is 0. The van der Waals surface area contributed by atoms with Crippen LogP contribution in [0.15, 0.2) is 53.4 Å². The second kappa shape index (κ2) is 8.65. The van der Waals surface area contributed by atoms with Crippen molar-refractivity contribution in [3.05, 3.63) is 59.7 Å². The molecule has 2 N–H and O–H groups in total. The molecular weight excluding hydrogens is 370 g/mol. The zero-order valence-electron chi connectivity index (χ0n) is 15.2. The molecule has 0 aromatic heterocycles. The first kappa shape index (κ1) is 20.4. The lowest BCUT2D eigenvalue weighted by molar-refractivity contribution is -0.123. The van der Waals surface area contributed by atoms with E-state index in [0.717, 1.165) is 9.87 Å². The largest absolute Gasteiger partial charge is 0.483 e. The minimum absolute atomic E-state index is 0.0191. The van der Waals surface area contributed by atoms with Gasteiger partial charge in [-0.1, -0.05) is 24.3 Å². The smallest absolute Gasteiger partial charge is 0.276 e. The minimum Gasteiger partial charge on any atom is -0.483 e. The predicted molar refractivity (Wildman–Crippen MR) is 99.6 cm³/mol. The number of nitrogens with one attached hydrogen (secondary N) is 2. The summed E-state index contributed by atoms with van der Waals surface area (Å²) in [6, 6.07) is 12.8. The number of hydrazine groups is 1. The first-order valence-electron chi connectivity index (χ1n) is 8.02. The highest BCUT2D eigenvalue weighted by Crippen LogP contribution is 2.16. The number of hydrogen-bond donors (Lipinski definition) is 2. The van der Waals surface area contributed by atoms with Crippen molar-refractivity contribution in [1.82, 2.24) is 15.2 Å². The van der Waals surface area contributed by atoms with Gasteiger partial charge in [-0.25, -0.2) is 12.7 Å². The van der Waals surface area contributed by atoms with E-state index in [9.17, 15) is 18.0 Å². The molecule has 2 rings (SSSR count). The first-order valence-corrected chi connectivity index (χ1v) is 9.46. The van der Waals surface area contributed by atoms with Gasteiger partial charge in [-0.05, 0) is 36.8 Å². The van der Waals surface area contributed by atoms with Gasteiger partial charge in [0.15, 0.2) is 6.61 Å². The molecule has 0 unspecified atom stereocenters. The van der Waals surface area contributed by atoms with E-state index in [4.69, 9.17) is 4.74 Å². The first-order chi connectivity index (χ1) is 12.7. The van der Waals surface area contributed by atoms with Gasteiger partial charge in [0.05, 0.1) is 4.90 Å². The van der Waals surface area contributed by atoms with E-state index in [1.807, 2.05) is 19.1 Å². The molecule has 0 aliphatic carbocycles. The van der Waals surface area contributed by atoms with Gasteiger partial charge in [0, 0.05) is 19.7 Å². The van der Waals surface area contributed by atoms with Crippen LogP contribution in [0.5, 0.6) is 5.75 Å². The monoisotopic (exact) mass is 391 g/mol. The molecule has 0 bridgehead atoms. The van der Waals surface area contributed by atoms with Crippen LogP contribution < -0.4 is 15.6 Å². The van der Waals surface area contributed by atoms with Crippen LogP contribution in [-0.4, -0.2) is 45.2 Å². The summed E-state index contributed by atoms with van der Waals surface area (Å²) in [4.78, 5) is 24.0. The van der Waals surface area contributed by atoms with Crippen LogP contribution in [0.25, 0.3) is 0 Å². The summed E-state index contributed by atoms with van der Waals surface area (Å²) in [5.41, 5.74) is 5.44. The number of nitrogens with zero attached hydrogens (tertiary/aromatic N) is 1. The molecule has 2 amide bonds. The second-order valence-electron chi connectivity index (χ2n) is 5.87. The highest BCUT2D eigenvalue weighted by Gasteiger charge is 2.19. The van der Waals surface area contributed by atoms with E-state index in [1.54, 1.807) is 12.1 Å². The molecule has 144 valence electrons. The molecule has 9 heteroatoms. The van der Waals surface area contributed by atoms with E-state index in [1.165, 1.54) is 38.4 Å². The average molecular weight is 391 g/mol. The van der Waals surface area contributed by atoms with Crippen LogP contribution in [0.3, 0.4) is 0 Å². The molecule has 0 saturated heterocycles. The Labute approximate surface area is 158 Å². The maximum absolute atomic E-state index is 12.2. The Bertz CT molecular complexity index is 942. The molecule has 0 aliphatic heterocycles. The quantitative estimate of drug-likeness (QED) is 0.717. The van der Waals surface area contributed by atoms with Crippen LogP contribution in [-0.2, 0) is 14.8 Å². The SMILES string of the molecule is Cc1ccccc1OCC(=O)NNC(=O)c1cccc(S(=O)(=O)N(C)C)c1. The van der Waals surface area contributed by atoms with Crippen molar-refractivity contribution in [2.45, 2.75) is 11.8 Å². The molecule has 0 heterocycles. The summed E-state index contributed by atoms with van der Waals surface area (Å²) in [5.74, 6) is -0.626. The molecule has 2 aromatic rings. The third-order valence-corrected chi connectivity index (χ3v) is 5.45. The fourth-order valence-corrected chi connectivity index (χ4v) is 3.05. The zero-order valence-corrected chi connectivity index (χ0v) is 16.0. The highest BCUT2D eigenvalue weighted by atomic mass is 32.2. The summed E-state index contributed by atoms with van der Waals surface area (Å²) < 4.78 is 30.7. The van der Waals surface area contributed by atoms with E-state index < -0.39 is 21.8 Å². The van der Waals surface area contributed by atoms with Gasteiger partial charge < -0.3 is 4.74 Å². The standard InChI is InChI=1S/C18H21N3O5S/c1-13-7-4-5-10-16(13)26-12-17(22)19-20-18(23)14-8-6-9-15(11-14)27(24,25)21(2)3/h4-11H,12H2,1-3H3,(H,19,22)(H,20,23). The highest BCUT2D eigenvalue weighted by molar-refractivity contribution is 7.89. The number of carbonyl (C=O) groups excluding carboxylic acids is 2. The van der Waals surface area contributed by atoms with Gasteiger partial charge in [-0.2, -0.15) is 0 Å². The van der Waals surface area contributed by atoms with Gasteiger partial charge >= 0.3 is 0 Å². The maximum atomic E-state index is 12.2. The number of hydrogen-bond acceptors (Lipinski definition) is 5. The molecule has 2 aromatic carbocycles. The average Bonchev–Trinajstić information content (AvgIpc) is 2.65. The lowest BCUT2D eigenvalue weighted by Gasteiger charge is -2.13. The number of sulfonamides is 1. The number of aryl methyl sites for hydroxylation is 1. The Morgan fingerprint density at radius 3 is 2.41 bits per heavy atom. The van der Waals surface area contributed by atoms with Crippen LogP contribution in [0.1, 0.15) is 15.9 Å². The van der Waals surface area contributed by atoms with Crippen molar-refractivity contribution in [1.29, 1.82) is 0 Å². The Kier molecular flexibility index (Phi) is 6.54. The van der Waals surface area contributed by atoms with Gasteiger partial charge in [0.1, 0.15) is 5.75 Å². The topological polar surface area (TPSA) is 105 Å². The van der Waals surface area contributed by atoms with Gasteiger partial charge in [-0.3, -0.25) is 20.4 Å². The van der Waals surface area contributed by atoms with Gasteiger partial charge in [0.2, 0.25) is 10.0 Å². The van der Waals surface area contributed by atoms with Crippen molar-refractivity contribution in [3.63, 3.8) is 0 Å². The fraction of sp³-hybridized carbons (Fsp3) is 0.222. The maximum Gasteiger partial charge on any atom is 0.276 e. The van der Waals surface area contributed by atoms with E-state index in [2.05, 4.69) is 10.9 Å². The summed E-state index contributed by atoms with van der Waals surface area (Å²) in [6.07, 6.45) is 0. The minimum atomic E-state index is -3.66. The number of carbonyl (C=O) groups is 2. The van der Waals surface area contributed by atoms with Crippen molar-refractivity contribution in [2.24, 2.45) is 0 Å². The molecule has 8 nitrogen and oxygen atoms in total.